The predicted molar refractivity (Wildman–Crippen MR) is 71.0 cm³/mol. The van der Waals surface area contributed by atoms with E-state index >= 15 is 0 Å². The number of amides is 1. The average molecular weight is 268 g/mol. The molecule has 3 heterocycles. The van der Waals surface area contributed by atoms with Crippen LogP contribution >= 0.6 is 0 Å². The summed E-state index contributed by atoms with van der Waals surface area (Å²) in [4.78, 5) is 17.7. The summed E-state index contributed by atoms with van der Waals surface area (Å²) >= 11 is 0. The van der Waals surface area contributed by atoms with Crippen LogP contribution in [-0.4, -0.2) is 33.3 Å². The van der Waals surface area contributed by atoms with Gasteiger partial charge in [0.1, 0.15) is 11.6 Å². The molecule has 0 spiro atoms. The van der Waals surface area contributed by atoms with E-state index in [1.165, 1.54) is 15.8 Å². The van der Waals surface area contributed by atoms with Crippen LogP contribution in [0.1, 0.15) is 12.0 Å². The third-order valence-electron chi connectivity index (χ3n) is 3.14. The first kappa shape index (κ1) is 12.3. The molecule has 7 nitrogen and oxygen atoms in total. The lowest BCUT2D eigenvalue weighted by Crippen LogP contribution is -2.30. The molecule has 1 aliphatic rings. The molecule has 1 amide bonds. The van der Waals surface area contributed by atoms with Gasteiger partial charge >= 0.3 is 0 Å². The van der Waals surface area contributed by atoms with Gasteiger partial charge in [0.15, 0.2) is 11.6 Å². The number of rotatable bonds is 2. The van der Waals surface area contributed by atoms with E-state index in [4.69, 9.17) is 5.73 Å². The Morgan fingerprint density at radius 3 is 2.90 bits per heavy atom. The van der Waals surface area contributed by atoms with Crippen LogP contribution in [0.15, 0.2) is 30.6 Å². The highest BCUT2D eigenvalue weighted by atomic mass is 16.2. The predicted octanol–water partition coefficient (Wildman–Crippen LogP) is 0.203. The maximum Gasteiger partial charge on any atom is 0.229 e. The van der Waals surface area contributed by atoms with E-state index in [2.05, 4.69) is 16.2 Å². The average Bonchev–Trinajstić information content (AvgIpc) is 3.02. The number of nitriles is 1. The van der Waals surface area contributed by atoms with Gasteiger partial charge in [-0.1, -0.05) is 6.07 Å². The number of hydrogen-bond donors (Lipinski definition) is 1. The second kappa shape index (κ2) is 4.75. The number of carbonyl (C=O) groups excluding carboxylic acids is 1. The summed E-state index contributed by atoms with van der Waals surface area (Å²) in [6.45, 7) is 0.381. The molecule has 20 heavy (non-hydrogen) atoms. The summed E-state index contributed by atoms with van der Waals surface area (Å²) in [7, 11) is 0. The molecule has 0 aliphatic carbocycles. The van der Waals surface area contributed by atoms with E-state index in [-0.39, 0.29) is 18.4 Å². The fraction of sp³-hybridized carbons (Fsp3) is 0.231. The van der Waals surface area contributed by atoms with Crippen molar-refractivity contribution in [2.24, 2.45) is 5.73 Å². The van der Waals surface area contributed by atoms with Crippen LogP contribution in [0.5, 0.6) is 0 Å². The zero-order valence-electron chi connectivity index (χ0n) is 10.6. The first-order valence-corrected chi connectivity index (χ1v) is 6.16. The Hall–Kier alpha value is -2.72. The number of hydrogen-bond acceptors (Lipinski definition) is 5. The molecule has 2 aromatic heterocycles. The molecule has 0 bridgehead atoms. The molecule has 1 unspecified atom stereocenters. The normalized spacial score (nSPS) is 18.3. The van der Waals surface area contributed by atoms with Crippen molar-refractivity contribution in [2.45, 2.75) is 12.5 Å². The van der Waals surface area contributed by atoms with Crippen molar-refractivity contribution in [2.75, 3.05) is 11.4 Å². The van der Waals surface area contributed by atoms with Gasteiger partial charge in [-0.25, -0.2) is 4.98 Å². The minimum absolute atomic E-state index is 0.105. The molecule has 1 aliphatic heterocycles. The van der Waals surface area contributed by atoms with Gasteiger partial charge in [-0.3, -0.25) is 9.69 Å². The van der Waals surface area contributed by atoms with Crippen molar-refractivity contribution in [1.29, 1.82) is 5.26 Å². The van der Waals surface area contributed by atoms with Crippen LogP contribution < -0.4 is 10.6 Å². The van der Waals surface area contributed by atoms with Crippen molar-refractivity contribution in [3.05, 3.63) is 36.2 Å². The summed E-state index contributed by atoms with van der Waals surface area (Å²) in [6, 6.07) is 7.20. The van der Waals surface area contributed by atoms with Gasteiger partial charge in [0.25, 0.3) is 0 Å². The topological polar surface area (TPSA) is 101 Å². The number of pyridine rings is 1. The molecule has 1 atom stereocenters. The summed E-state index contributed by atoms with van der Waals surface area (Å²) < 4.78 is 1.49. The number of nitrogens with zero attached hydrogens (tertiary/aromatic N) is 5. The molecular formula is C13H12N6O. The molecule has 2 N–H and O–H groups in total. The highest BCUT2D eigenvalue weighted by molar-refractivity contribution is 5.96. The van der Waals surface area contributed by atoms with Crippen LogP contribution in [0.3, 0.4) is 0 Å². The first-order valence-electron chi connectivity index (χ1n) is 6.16. The molecule has 100 valence electrons. The third-order valence-corrected chi connectivity index (χ3v) is 3.14. The van der Waals surface area contributed by atoms with Crippen LogP contribution in [0, 0.1) is 11.3 Å². The van der Waals surface area contributed by atoms with Gasteiger partial charge in [0, 0.05) is 25.2 Å². The van der Waals surface area contributed by atoms with Gasteiger partial charge < -0.3 is 5.73 Å². The second-order valence-electron chi connectivity index (χ2n) is 4.56. The van der Waals surface area contributed by atoms with Crippen LogP contribution in [0.25, 0.3) is 5.82 Å². The summed E-state index contributed by atoms with van der Waals surface area (Å²) in [5.74, 6) is 0.883. The van der Waals surface area contributed by atoms with Crippen molar-refractivity contribution < 1.29 is 4.79 Å². The van der Waals surface area contributed by atoms with E-state index in [0.717, 1.165) is 0 Å². The highest BCUT2D eigenvalue weighted by Gasteiger charge is 2.32. The van der Waals surface area contributed by atoms with Crippen LogP contribution in [0.2, 0.25) is 0 Å². The fourth-order valence-corrected chi connectivity index (χ4v) is 2.27. The van der Waals surface area contributed by atoms with Crippen LogP contribution in [0.4, 0.5) is 5.82 Å². The van der Waals surface area contributed by atoms with E-state index < -0.39 is 0 Å². The third kappa shape index (κ3) is 1.92. The Kier molecular flexibility index (Phi) is 2.93. The van der Waals surface area contributed by atoms with E-state index in [9.17, 15) is 10.1 Å². The molecule has 1 saturated heterocycles. The van der Waals surface area contributed by atoms with Gasteiger partial charge in [0.05, 0.1) is 6.20 Å². The zero-order valence-corrected chi connectivity index (χ0v) is 10.6. The summed E-state index contributed by atoms with van der Waals surface area (Å²) in [5.41, 5.74) is 6.14. The molecule has 2 aromatic rings. The number of nitrogens with two attached hydrogens (primary N) is 1. The molecule has 0 radical (unpaired) electrons. The molecule has 3 rings (SSSR count). The Balaban J connectivity index is 2.12. The standard InChI is InChI=1S/C13H12N6O/c14-6-9-7-17-19(11-3-1-2-4-16-11)13(9)18-8-10(15)5-12(18)20/h1-4,7,10H,5,8,15H2. The van der Waals surface area contributed by atoms with Gasteiger partial charge in [0.2, 0.25) is 5.91 Å². The lowest BCUT2D eigenvalue weighted by molar-refractivity contribution is -0.117. The van der Waals surface area contributed by atoms with E-state index in [0.29, 0.717) is 23.7 Å². The number of anilines is 1. The minimum Gasteiger partial charge on any atom is -0.326 e. The van der Waals surface area contributed by atoms with Crippen molar-refractivity contribution in [1.82, 2.24) is 14.8 Å². The van der Waals surface area contributed by atoms with Crippen molar-refractivity contribution in [3.8, 4) is 11.9 Å². The fourth-order valence-electron chi connectivity index (χ4n) is 2.27. The quantitative estimate of drug-likeness (QED) is 0.838. The Morgan fingerprint density at radius 2 is 2.30 bits per heavy atom. The molecule has 7 heteroatoms. The van der Waals surface area contributed by atoms with Gasteiger partial charge in [-0.15, -0.1) is 0 Å². The summed E-state index contributed by atoms with van der Waals surface area (Å²) in [5, 5.41) is 13.4. The number of carbonyl (C=O) groups is 1. The molecule has 1 fully saturated rings. The lowest BCUT2D eigenvalue weighted by atomic mass is 10.3. The number of aromatic nitrogens is 3. The Labute approximate surface area is 115 Å². The smallest absolute Gasteiger partial charge is 0.229 e. The van der Waals surface area contributed by atoms with Crippen molar-refractivity contribution in [3.63, 3.8) is 0 Å². The van der Waals surface area contributed by atoms with E-state index in [1.54, 1.807) is 18.3 Å². The Bertz CT molecular complexity index is 687. The molecular weight excluding hydrogens is 256 g/mol. The second-order valence-corrected chi connectivity index (χ2v) is 4.56. The lowest BCUT2D eigenvalue weighted by Gasteiger charge is -2.17. The molecule has 0 aromatic carbocycles. The first-order chi connectivity index (χ1) is 9.70. The maximum absolute atomic E-state index is 12.0. The van der Waals surface area contributed by atoms with Gasteiger partial charge in [-0.2, -0.15) is 15.0 Å². The van der Waals surface area contributed by atoms with Crippen molar-refractivity contribution >= 4 is 11.7 Å². The largest absolute Gasteiger partial charge is 0.326 e. The SMILES string of the molecule is N#Cc1cnn(-c2ccccn2)c1N1CC(N)CC1=O. The highest BCUT2D eigenvalue weighted by Crippen LogP contribution is 2.26. The minimum atomic E-state index is -0.221. The maximum atomic E-state index is 12.0. The Morgan fingerprint density at radius 1 is 1.45 bits per heavy atom. The molecule has 0 saturated carbocycles. The monoisotopic (exact) mass is 268 g/mol. The van der Waals surface area contributed by atoms with E-state index in [1.807, 2.05) is 6.07 Å². The zero-order chi connectivity index (χ0) is 14.1. The van der Waals surface area contributed by atoms with Gasteiger partial charge in [-0.05, 0) is 12.1 Å². The summed E-state index contributed by atoms with van der Waals surface area (Å²) in [6.07, 6.45) is 3.34. The van der Waals surface area contributed by atoms with Crippen LogP contribution in [-0.2, 0) is 4.79 Å².